The van der Waals surface area contributed by atoms with Crippen LogP contribution >= 0.6 is 0 Å². The van der Waals surface area contributed by atoms with Gasteiger partial charge in [0.1, 0.15) is 17.9 Å². The molecule has 4 heterocycles. The van der Waals surface area contributed by atoms with Gasteiger partial charge in [-0.15, -0.1) is 0 Å². The monoisotopic (exact) mass is 841 g/mol. The molecule has 1 unspecified atom stereocenters. The number of hydrogen-bond donors (Lipinski definition) is 2. The molecule has 1 saturated carbocycles. The Morgan fingerprint density at radius 2 is 1.62 bits per heavy atom. The number of pyridine rings is 1. The first-order valence-corrected chi connectivity index (χ1v) is 20.8. The van der Waals surface area contributed by atoms with E-state index in [0.29, 0.717) is 5.56 Å². The van der Waals surface area contributed by atoms with Gasteiger partial charge < -0.3 is 15.0 Å². The van der Waals surface area contributed by atoms with E-state index in [2.05, 4.69) is 25.4 Å². The summed E-state index contributed by atoms with van der Waals surface area (Å²) in [6, 6.07) is 12.4. The number of nitrogens with one attached hydrogen (secondary N) is 2. The predicted molar refractivity (Wildman–Crippen MR) is 218 cm³/mol. The summed E-state index contributed by atoms with van der Waals surface area (Å²) >= 11 is 0. The lowest BCUT2D eigenvalue weighted by atomic mass is 9.49. The number of nitrogens with zero attached hydrogens (tertiary/aromatic N) is 5. The number of carbonyl (C=O) groups excluding carboxylic acids is 5. The topological polar surface area (TPSA) is 165 Å². The molecule has 16 heteroatoms. The van der Waals surface area contributed by atoms with Crippen molar-refractivity contribution in [1.29, 1.82) is 5.26 Å². The van der Waals surface area contributed by atoms with Crippen LogP contribution in [0, 0.1) is 22.2 Å². The lowest BCUT2D eigenvalue weighted by Gasteiger charge is -2.63. The summed E-state index contributed by atoms with van der Waals surface area (Å²) < 4.78 is 46.8. The van der Waals surface area contributed by atoms with Gasteiger partial charge in [-0.2, -0.15) is 18.4 Å². The second kappa shape index (κ2) is 16.9. The molecule has 0 radical (unpaired) electrons. The third-order valence-electron chi connectivity index (χ3n) is 12.7. The number of benzene rings is 2. The van der Waals surface area contributed by atoms with Gasteiger partial charge in [-0.1, -0.05) is 40.5 Å². The van der Waals surface area contributed by atoms with Crippen molar-refractivity contribution >= 4 is 35.2 Å². The molecule has 1 aliphatic carbocycles. The Morgan fingerprint density at radius 1 is 0.918 bits per heavy atom. The maximum Gasteiger partial charge on any atom is 0.417 e. The van der Waals surface area contributed by atoms with Gasteiger partial charge in [-0.3, -0.25) is 44.1 Å². The maximum absolute atomic E-state index is 13.6. The molecular formula is C45H50F3N7O6. The van der Waals surface area contributed by atoms with Crippen molar-refractivity contribution in [2.75, 3.05) is 37.6 Å². The van der Waals surface area contributed by atoms with Crippen LogP contribution < -0.4 is 20.3 Å². The number of rotatable bonds is 13. The number of ether oxygens (including phenoxy) is 1. The van der Waals surface area contributed by atoms with E-state index in [1.54, 1.807) is 30.5 Å². The van der Waals surface area contributed by atoms with Gasteiger partial charge in [0.2, 0.25) is 11.8 Å². The van der Waals surface area contributed by atoms with Crippen molar-refractivity contribution in [2.24, 2.45) is 10.8 Å². The molecule has 1 aromatic heterocycles. The molecule has 5 amide bonds. The number of alkyl halides is 3. The summed E-state index contributed by atoms with van der Waals surface area (Å²) in [4.78, 5) is 73.8. The maximum atomic E-state index is 13.6. The zero-order chi connectivity index (χ0) is 43.9. The fraction of sp³-hybridized carbons (Fsp3) is 0.489. The van der Waals surface area contributed by atoms with Gasteiger partial charge in [0.25, 0.3) is 17.7 Å². The highest BCUT2D eigenvalue weighted by molar-refractivity contribution is 6.23. The Bertz CT molecular complexity index is 2250. The van der Waals surface area contributed by atoms with E-state index in [-0.39, 0.29) is 41.7 Å². The van der Waals surface area contributed by atoms with Crippen LogP contribution in [-0.4, -0.2) is 95.2 Å². The van der Waals surface area contributed by atoms with Gasteiger partial charge >= 0.3 is 6.18 Å². The number of piperazine rings is 1. The summed E-state index contributed by atoms with van der Waals surface area (Å²) in [5.74, 6) is -2.33. The number of nitriles is 1. The molecule has 61 heavy (non-hydrogen) atoms. The minimum absolute atomic E-state index is 0.0101. The van der Waals surface area contributed by atoms with Crippen LogP contribution in [-0.2, 0) is 22.2 Å². The molecule has 0 bridgehead atoms. The molecule has 7 rings (SSSR count). The van der Waals surface area contributed by atoms with Crippen LogP contribution in [0.25, 0.3) is 0 Å². The largest absolute Gasteiger partial charge is 0.489 e. The normalized spacial score (nSPS) is 22.3. The van der Waals surface area contributed by atoms with E-state index >= 15 is 0 Å². The molecular weight excluding hydrogens is 792 g/mol. The second-order valence-corrected chi connectivity index (χ2v) is 17.6. The van der Waals surface area contributed by atoms with Crippen molar-refractivity contribution in [3.8, 4) is 11.8 Å². The Balaban J connectivity index is 0.808. The number of imide groups is 2. The fourth-order valence-electron chi connectivity index (χ4n) is 9.67. The van der Waals surface area contributed by atoms with Crippen LogP contribution in [0.15, 0.2) is 54.7 Å². The van der Waals surface area contributed by atoms with Gasteiger partial charge in [0, 0.05) is 67.0 Å². The molecule has 3 aliphatic heterocycles. The Kier molecular flexibility index (Phi) is 12.0. The van der Waals surface area contributed by atoms with Crippen molar-refractivity contribution in [3.05, 3.63) is 88.2 Å². The third-order valence-corrected chi connectivity index (χ3v) is 12.7. The number of carbonyl (C=O) groups is 5. The summed E-state index contributed by atoms with van der Waals surface area (Å²) in [6.07, 6.45) is 1.46. The van der Waals surface area contributed by atoms with Gasteiger partial charge in [0.05, 0.1) is 33.9 Å². The Labute approximate surface area is 352 Å². The van der Waals surface area contributed by atoms with Gasteiger partial charge in [0.15, 0.2) is 0 Å². The number of aryl methyl sites for hydroxylation is 1. The highest BCUT2D eigenvalue weighted by Crippen LogP contribution is 2.55. The molecule has 2 N–H and O–H groups in total. The fourth-order valence-corrected chi connectivity index (χ4v) is 9.67. The molecule has 2 aromatic carbocycles. The molecule has 322 valence electrons. The lowest BCUT2D eigenvalue weighted by molar-refractivity contribution is -0.164. The number of unbranched alkanes of at least 4 members (excludes halogenated alkanes) is 3. The summed E-state index contributed by atoms with van der Waals surface area (Å²) in [5, 5.41) is 14.5. The van der Waals surface area contributed by atoms with Crippen LogP contribution in [0.2, 0.25) is 0 Å². The molecule has 1 atom stereocenters. The average Bonchev–Trinajstić information content (AvgIpc) is 3.47. The van der Waals surface area contributed by atoms with Crippen molar-refractivity contribution in [2.45, 2.75) is 97.0 Å². The van der Waals surface area contributed by atoms with E-state index in [1.807, 2.05) is 39.8 Å². The SMILES string of the molecule is CC1(C)[C@H](NC(=O)c2ccc(CCCCCCN3CCN(c4ccc5c(c4)C(=O)N(C4CCC(=O)NC4=O)C5=O)CC3)nc2)C(C)(C)[C@H]1Oc1ccc(C#N)c(C(F)(F)F)c1. The van der Waals surface area contributed by atoms with E-state index < -0.39 is 63.9 Å². The first kappa shape index (κ1) is 43.3. The van der Waals surface area contributed by atoms with E-state index in [9.17, 15) is 37.1 Å². The molecule has 4 aliphatic rings. The average molecular weight is 842 g/mol. The lowest BCUT2D eigenvalue weighted by Crippen LogP contribution is -2.74. The first-order chi connectivity index (χ1) is 28.9. The van der Waals surface area contributed by atoms with Gasteiger partial charge in [-0.05, 0) is 80.8 Å². The number of aromatic nitrogens is 1. The van der Waals surface area contributed by atoms with E-state index in [0.717, 1.165) is 93.2 Å². The predicted octanol–water partition coefficient (Wildman–Crippen LogP) is 5.91. The number of hydrogen-bond acceptors (Lipinski definition) is 10. The highest BCUT2D eigenvalue weighted by Gasteiger charge is 2.64. The summed E-state index contributed by atoms with van der Waals surface area (Å²) in [5.41, 5.74) is -0.0321. The number of anilines is 1. The Morgan fingerprint density at radius 3 is 2.28 bits per heavy atom. The smallest absolute Gasteiger partial charge is 0.417 e. The molecule has 3 aromatic rings. The molecule has 0 spiro atoms. The van der Waals surface area contributed by atoms with Crippen molar-refractivity contribution < 1.29 is 41.9 Å². The summed E-state index contributed by atoms with van der Waals surface area (Å²) in [6.45, 7) is 11.9. The zero-order valence-electron chi connectivity index (χ0n) is 34.7. The number of halogens is 3. The first-order valence-electron chi connectivity index (χ1n) is 20.8. The van der Waals surface area contributed by atoms with Crippen LogP contribution in [0.3, 0.4) is 0 Å². The molecule has 13 nitrogen and oxygen atoms in total. The number of fused-ring (bicyclic) bond motifs is 1. The van der Waals surface area contributed by atoms with Crippen LogP contribution in [0.1, 0.15) is 114 Å². The van der Waals surface area contributed by atoms with Crippen molar-refractivity contribution in [3.63, 3.8) is 0 Å². The number of amides is 5. The summed E-state index contributed by atoms with van der Waals surface area (Å²) in [7, 11) is 0. The quantitative estimate of drug-likeness (QED) is 0.156. The standard InChI is InChI=1S/C45H50F3N7O6/c1-43(2)41(44(3,4)42(43)61-31-14-11-27(25-49)34(24-31)45(46,47)48)52-37(57)28-10-12-29(50-26-28)9-7-5-6-8-18-53-19-21-54(22-20-53)30-13-15-32-33(23-30)40(60)55(39(32)59)35-16-17-36(56)51-38(35)58/h10-15,23-24,26,35,41-42H,5-9,16-22H2,1-4H3,(H,52,57)(H,51,56,58)/t35?,41-,42-. The van der Waals surface area contributed by atoms with E-state index in [1.165, 1.54) is 6.07 Å². The van der Waals surface area contributed by atoms with Gasteiger partial charge in [-0.25, -0.2) is 0 Å². The second-order valence-electron chi connectivity index (χ2n) is 17.6. The van der Waals surface area contributed by atoms with Crippen LogP contribution in [0.5, 0.6) is 5.75 Å². The van der Waals surface area contributed by atoms with E-state index in [4.69, 9.17) is 10.00 Å². The molecule has 3 fully saturated rings. The number of piperidine rings is 1. The highest BCUT2D eigenvalue weighted by atomic mass is 19.4. The third kappa shape index (κ3) is 8.70. The van der Waals surface area contributed by atoms with Crippen molar-refractivity contribution in [1.82, 2.24) is 25.4 Å². The Hall–Kier alpha value is -5.82. The minimum Gasteiger partial charge on any atom is -0.489 e. The minimum atomic E-state index is -4.70. The van der Waals surface area contributed by atoms with Crippen LogP contribution in [0.4, 0.5) is 18.9 Å². The zero-order valence-corrected chi connectivity index (χ0v) is 34.7. The molecule has 2 saturated heterocycles.